The number of imidazole rings is 1. The van der Waals surface area contributed by atoms with Crippen LogP contribution in [-0.2, 0) is 25.6 Å². The van der Waals surface area contributed by atoms with Crippen molar-refractivity contribution in [1.82, 2.24) is 24.5 Å². The minimum absolute atomic E-state index is 0.101. The number of nitrogens with zero attached hydrogens (tertiary/aromatic N) is 4. The molecular weight excluding hydrogens is 462 g/mol. The molecule has 198 valence electrons. The molecule has 2 aliphatic rings. The first kappa shape index (κ1) is 26.5. The normalized spacial score (nSPS) is 20.7. The second kappa shape index (κ2) is 12.6. The van der Waals surface area contributed by atoms with E-state index in [0.717, 1.165) is 5.69 Å². The fraction of sp³-hybridized carbons (Fsp3) is 0.654. The summed E-state index contributed by atoms with van der Waals surface area (Å²) >= 11 is 0. The first-order valence-corrected chi connectivity index (χ1v) is 12.9. The number of carbonyl (C=O) groups excluding carboxylic acids is 2. The average Bonchev–Trinajstić information content (AvgIpc) is 3.28. The summed E-state index contributed by atoms with van der Waals surface area (Å²) in [6.07, 6.45) is 2.54. The van der Waals surface area contributed by atoms with Gasteiger partial charge in [-0.15, -0.1) is 0 Å². The van der Waals surface area contributed by atoms with E-state index in [1.807, 2.05) is 38.6 Å². The van der Waals surface area contributed by atoms with E-state index in [4.69, 9.17) is 19.2 Å². The van der Waals surface area contributed by atoms with E-state index in [0.29, 0.717) is 76.9 Å². The van der Waals surface area contributed by atoms with Crippen molar-refractivity contribution in [3.63, 3.8) is 0 Å². The Morgan fingerprint density at radius 1 is 1.22 bits per heavy atom. The molecule has 2 saturated heterocycles. The number of piperidine rings is 1. The van der Waals surface area contributed by atoms with Gasteiger partial charge in [0.05, 0.1) is 44.6 Å². The number of pyridine rings is 1. The zero-order chi connectivity index (χ0) is 25.5. The number of nitrogens with one attached hydrogen (secondary N) is 1. The van der Waals surface area contributed by atoms with Crippen LogP contribution in [-0.4, -0.2) is 103 Å². The molecule has 0 saturated carbocycles. The lowest BCUT2D eigenvalue weighted by atomic mass is 9.92. The molecule has 2 aliphatic heterocycles. The maximum atomic E-state index is 14.1. The average molecular weight is 502 g/mol. The summed E-state index contributed by atoms with van der Waals surface area (Å²) in [6.45, 7) is 9.65. The first-order valence-electron chi connectivity index (χ1n) is 12.9. The smallest absolute Gasteiger partial charge is 0.274 e. The number of fused-ring (bicyclic) bond motifs is 1. The molecule has 36 heavy (non-hydrogen) atoms. The van der Waals surface area contributed by atoms with Gasteiger partial charge in [0, 0.05) is 52.1 Å². The molecule has 0 aliphatic carbocycles. The summed E-state index contributed by atoms with van der Waals surface area (Å²) in [4.78, 5) is 35.8. The van der Waals surface area contributed by atoms with Crippen LogP contribution in [0.4, 0.5) is 0 Å². The lowest BCUT2D eigenvalue weighted by Crippen LogP contribution is -2.56. The first-order chi connectivity index (χ1) is 17.5. The van der Waals surface area contributed by atoms with Gasteiger partial charge in [0.15, 0.2) is 5.69 Å². The number of aromatic nitrogens is 2. The van der Waals surface area contributed by atoms with Crippen molar-refractivity contribution < 1.29 is 23.8 Å². The molecular formula is C26H39N5O5. The summed E-state index contributed by atoms with van der Waals surface area (Å²) in [5.74, 6) is 0.126. The maximum Gasteiger partial charge on any atom is 0.274 e. The molecule has 4 rings (SSSR count). The molecule has 2 fully saturated rings. The van der Waals surface area contributed by atoms with Gasteiger partial charge in [-0.05, 0) is 24.5 Å². The second-order valence-corrected chi connectivity index (χ2v) is 9.92. The van der Waals surface area contributed by atoms with Crippen LogP contribution in [0.1, 0.15) is 36.5 Å². The highest BCUT2D eigenvalue weighted by molar-refractivity contribution is 5.94. The lowest BCUT2D eigenvalue weighted by molar-refractivity contribution is -0.140. The van der Waals surface area contributed by atoms with Crippen LogP contribution in [0.15, 0.2) is 24.4 Å². The monoisotopic (exact) mass is 501 g/mol. The van der Waals surface area contributed by atoms with Gasteiger partial charge in [-0.2, -0.15) is 0 Å². The Morgan fingerprint density at radius 3 is 2.78 bits per heavy atom. The third-order valence-corrected chi connectivity index (χ3v) is 6.76. The molecule has 1 N–H and O–H groups in total. The van der Waals surface area contributed by atoms with Gasteiger partial charge in [-0.25, -0.2) is 4.98 Å². The molecule has 2 amide bonds. The topological polar surface area (TPSA) is 97.6 Å². The quantitative estimate of drug-likeness (QED) is 0.492. The van der Waals surface area contributed by atoms with Crippen LogP contribution in [0.5, 0.6) is 0 Å². The van der Waals surface area contributed by atoms with Gasteiger partial charge in [0.1, 0.15) is 5.65 Å². The molecule has 0 bridgehead atoms. The highest BCUT2D eigenvalue weighted by Gasteiger charge is 2.36. The molecule has 2 atom stereocenters. The van der Waals surface area contributed by atoms with Gasteiger partial charge < -0.3 is 33.7 Å². The number of amides is 2. The van der Waals surface area contributed by atoms with Gasteiger partial charge in [0.2, 0.25) is 5.91 Å². The number of morpholine rings is 1. The fourth-order valence-corrected chi connectivity index (χ4v) is 4.98. The zero-order valence-corrected chi connectivity index (χ0v) is 21.6. The minimum atomic E-state index is -0.165. The number of rotatable bonds is 10. The Hall–Kier alpha value is -2.53. The van der Waals surface area contributed by atoms with E-state index in [2.05, 4.69) is 19.2 Å². The van der Waals surface area contributed by atoms with Crippen LogP contribution in [0, 0.1) is 11.8 Å². The van der Waals surface area contributed by atoms with E-state index in [1.54, 1.807) is 7.11 Å². The standard InChI is InChI=1S/C26H39N5O5/c1-19(2)17-31(21-14-20(15-27-16-21)25(32)29-8-10-35-11-9-29)26(33)24-22(18-36-13-12-34-3)30-7-5-4-6-23(30)28-24/h4-7,19-21,27H,8-18H2,1-3H3/t20-,21+/m1/s1. The molecule has 4 heterocycles. The molecule has 0 radical (unpaired) electrons. The van der Waals surface area contributed by atoms with Gasteiger partial charge in [0.25, 0.3) is 5.91 Å². The van der Waals surface area contributed by atoms with Gasteiger partial charge >= 0.3 is 0 Å². The Morgan fingerprint density at radius 2 is 2.03 bits per heavy atom. The predicted octanol–water partition coefficient (Wildman–Crippen LogP) is 1.43. The van der Waals surface area contributed by atoms with Crippen molar-refractivity contribution in [3.05, 3.63) is 35.8 Å². The van der Waals surface area contributed by atoms with Crippen molar-refractivity contribution in [3.8, 4) is 0 Å². The third kappa shape index (κ3) is 6.23. The molecule has 0 spiro atoms. The van der Waals surface area contributed by atoms with Crippen LogP contribution in [0.2, 0.25) is 0 Å². The number of methoxy groups -OCH3 is 1. The summed E-state index contributed by atoms with van der Waals surface area (Å²) in [7, 11) is 1.63. The minimum Gasteiger partial charge on any atom is -0.382 e. The van der Waals surface area contributed by atoms with E-state index in [9.17, 15) is 9.59 Å². The van der Waals surface area contributed by atoms with E-state index >= 15 is 0 Å². The van der Waals surface area contributed by atoms with E-state index in [-0.39, 0.29) is 36.3 Å². The number of ether oxygens (including phenoxy) is 3. The van der Waals surface area contributed by atoms with Crippen LogP contribution in [0.3, 0.4) is 0 Å². The van der Waals surface area contributed by atoms with Crippen LogP contribution < -0.4 is 5.32 Å². The Kier molecular flexibility index (Phi) is 9.30. The predicted molar refractivity (Wildman–Crippen MR) is 135 cm³/mol. The largest absolute Gasteiger partial charge is 0.382 e. The van der Waals surface area contributed by atoms with Crippen molar-refractivity contribution >= 4 is 17.5 Å². The van der Waals surface area contributed by atoms with E-state index in [1.165, 1.54) is 0 Å². The van der Waals surface area contributed by atoms with Crippen molar-refractivity contribution in [2.45, 2.75) is 32.9 Å². The Balaban J connectivity index is 1.57. The lowest BCUT2D eigenvalue weighted by Gasteiger charge is -2.40. The van der Waals surface area contributed by atoms with Gasteiger partial charge in [-0.1, -0.05) is 19.9 Å². The molecule has 0 aromatic carbocycles. The Labute approximate surface area is 212 Å². The van der Waals surface area contributed by atoms with Crippen molar-refractivity contribution in [1.29, 1.82) is 0 Å². The van der Waals surface area contributed by atoms with Crippen LogP contribution in [0.25, 0.3) is 5.65 Å². The second-order valence-electron chi connectivity index (χ2n) is 9.92. The number of carbonyl (C=O) groups is 2. The molecule has 10 nitrogen and oxygen atoms in total. The summed E-state index contributed by atoms with van der Waals surface area (Å²) in [5, 5.41) is 3.42. The maximum absolute atomic E-state index is 14.1. The fourth-order valence-electron chi connectivity index (χ4n) is 4.98. The molecule has 2 aromatic rings. The van der Waals surface area contributed by atoms with Gasteiger partial charge in [-0.3, -0.25) is 9.59 Å². The van der Waals surface area contributed by atoms with Crippen LogP contribution >= 0.6 is 0 Å². The summed E-state index contributed by atoms with van der Waals surface area (Å²) in [5.41, 5.74) is 1.84. The number of hydrogen-bond acceptors (Lipinski definition) is 7. The molecule has 2 aromatic heterocycles. The highest BCUT2D eigenvalue weighted by Crippen LogP contribution is 2.24. The highest BCUT2D eigenvalue weighted by atomic mass is 16.5. The molecule has 10 heteroatoms. The summed E-state index contributed by atoms with van der Waals surface area (Å²) in [6, 6.07) is 5.61. The van der Waals surface area contributed by atoms with Crippen molar-refractivity contribution in [2.75, 3.05) is 66.3 Å². The SMILES string of the molecule is COCCOCc1c(C(=O)N(CC(C)C)[C@@H]2CNC[C@H](C(=O)N3CCOCC3)C2)nc2ccccn12. The van der Waals surface area contributed by atoms with Crippen molar-refractivity contribution in [2.24, 2.45) is 11.8 Å². The van der Waals surface area contributed by atoms with E-state index < -0.39 is 0 Å². The number of hydrogen-bond donors (Lipinski definition) is 1. The molecule has 0 unspecified atom stereocenters. The Bertz CT molecular complexity index is 1020. The zero-order valence-electron chi connectivity index (χ0n) is 21.6. The summed E-state index contributed by atoms with van der Waals surface area (Å²) < 4.78 is 18.2. The third-order valence-electron chi connectivity index (χ3n) is 6.76.